The molecular formula is C20H28N4O2. The van der Waals surface area contributed by atoms with Crippen LogP contribution in [0.2, 0.25) is 0 Å². The summed E-state index contributed by atoms with van der Waals surface area (Å²) in [7, 11) is 1.62. The highest BCUT2D eigenvalue weighted by Crippen LogP contribution is 2.20. The Balaban J connectivity index is 1.44. The predicted molar refractivity (Wildman–Crippen MR) is 102 cm³/mol. The number of rotatable bonds is 6. The van der Waals surface area contributed by atoms with Gasteiger partial charge in [-0.05, 0) is 63.9 Å². The third kappa shape index (κ3) is 4.85. The number of nitrogens with one attached hydrogen (secondary N) is 1. The van der Waals surface area contributed by atoms with Crippen LogP contribution in [0.4, 0.5) is 5.69 Å². The van der Waals surface area contributed by atoms with Gasteiger partial charge in [-0.2, -0.15) is 5.10 Å². The summed E-state index contributed by atoms with van der Waals surface area (Å²) in [4.78, 5) is 14.5. The standard InChI is InChI=1S/C20H28N4O2/c1-15-11-16(2)24(22-15)13-17-7-9-23(10-8-17)14-20(25)21-18-5-4-6-19(12-18)26-3/h4-6,11-12,17H,7-10,13-14H2,1-3H3,(H,21,25). The number of benzene rings is 1. The Kier molecular flexibility index (Phi) is 5.93. The lowest BCUT2D eigenvalue weighted by atomic mass is 9.97. The monoisotopic (exact) mass is 356 g/mol. The maximum atomic E-state index is 12.3. The van der Waals surface area contributed by atoms with Crippen molar-refractivity contribution in [2.75, 3.05) is 32.1 Å². The molecule has 6 nitrogen and oxygen atoms in total. The molecule has 26 heavy (non-hydrogen) atoms. The average Bonchev–Trinajstić information content (AvgIpc) is 2.94. The lowest BCUT2D eigenvalue weighted by Crippen LogP contribution is -2.40. The van der Waals surface area contributed by atoms with Gasteiger partial charge in [0.1, 0.15) is 5.75 Å². The van der Waals surface area contributed by atoms with Crippen molar-refractivity contribution in [3.63, 3.8) is 0 Å². The number of likely N-dealkylation sites (tertiary alicyclic amines) is 1. The quantitative estimate of drug-likeness (QED) is 0.865. The van der Waals surface area contributed by atoms with Crippen molar-refractivity contribution < 1.29 is 9.53 Å². The largest absolute Gasteiger partial charge is 0.497 e. The number of piperidine rings is 1. The molecule has 1 aliphatic rings. The zero-order valence-corrected chi connectivity index (χ0v) is 15.9. The molecule has 0 aliphatic carbocycles. The summed E-state index contributed by atoms with van der Waals surface area (Å²) in [5, 5.41) is 7.51. The van der Waals surface area contributed by atoms with Crippen molar-refractivity contribution in [2.24, 2.45) is 5.92 Å². The second-order valence-electron chi connectivity index (χ2n) is 7.11. The molecule has 1 fully saturated rings. The summed E-state index contributed by atoms with van der Waals surface area (Å²) >= 11 is 0. The molecule has 0 bridgehead atoms. The van der Waals surface area contributed by atoms with Gasteiger partial charge >= 0.3 is 0 Å². The Morgan fingerprint density at radius 1 is 1.27 bits per heavy atom. The Morgan fingerprint density at radius 3 is 2.69 bits per heavy atom. The normalized spacial score (nSPS) is 15.8. The first-order valence-corrected chi connectivity index (χ1v) is 9.21. The summed E-state index contributed by atoms with van der Waals surface area (Å²) < 4.78 is 7.30. The summed E-state index contributed by atoms with van der Waals surface area (Å²) in [6.45, 7) is 7.46. The van der Waals surface area contributed by atoms with Gasteiger partial charge in [0.25, 0.3) is 0 Å². The molecule has 1 aromatic carbocycles. The number of ether oxygens (including phenoxy) is 1. The van der Waals surface area contributed by atoms with Crippen molar-refractivity contribution in [2.45, 2.75) is 33.2 Å². The molecular weight excluding hydrogens is 328 g/mol. The molecule has 1 aromatic heterocycles. The van der Waals surface area contributed by atoms with Gasteiger partial charge in [-0.25, -0.2) is 0 Å². The number of amides is 1. The lowest BCUT2D eigenvalue weighted by Gasteiger charge is -2.31. The van der Waals surface area contributed by atoms with Crippen LogP contribution in [0.5, 0.6) is 5.75 Å². The van der Waals surface area contributed by atoms with E-state index < -0.39 is 0 Å². The molecule has 0 radical (unpaired) electrons. The minimum Gasteiger partial charge on any atom is -0.497 e. The van der Waals surface area contributed by atoms with E-state index in [1.54, 1.807) is 7.11 Å². The first-order chi connectivity index (χ1) is 12.5. The molecule has 2 heterocycles. The maximum absolute atomic E-state index is 12.3. The van der Waals surface area contributed by atoms with Crippen LogP contribution in [0.3, 0.4) is 0 Å². The Labute approximate surface area is 155 Å². The van der Waals surface area contributed by atoms with Gasteiger partial charge in [-0.3, -0.25) is 14.4 Å². The third-order valence-electron chi connectivity index (χ3n) is 4.96. The van der Waals surface area contributed by atoms with Crippen molar-refractivity contribution in [3.8, 4) is 5.75 Å². The molecule has 2 aromatic rings. The van der Waals surface area contributed by atoms with Crippen LogP contribution in [0.15, 0.2) is 30.3 Å². The van der Waals surface area contributed by atoms with Gasteiger partial charge < -0.3 is 10.1 Å². The molecule has 1 N–H and O–H groups in total. The predicted octanol–water partition coefficient (Wildman–Crippen LogP) is 2.86. The van der Waals surface area contributed by atoms with Crippen LogP contribution in [0.25, 0.3) is 0 Å². The number of aromatic nitrogens is 2. The smallest absolute Gasteiger partial charge is 0.238 e. The first-order valence-electron chi connectivity index (χ1n) is 9.21. The van der Waals surface area contributed by atoms with Crippen LogP contribution in [0, 0.1) is 19.8 Å². The Bertz CT molecular complexity index is 748. The number of carbonyl (C=O) groups is 1. The number of aryl methyl sites for hydroxylation is 2. The average molecular weight is 356 g/mol. The second-order valence-corrected chi connectivity index (χ2v) is 7.11. The third-order valence-corrected chi connectivity index (χ3v) is 4.96. The summed E-state index contributed by atoms with van der Waals surface area (Å²) in [5.41, 5.74) is 3.07. The Hall–Kier alpha value is -2.34. The van der Waals surface area contributed by atoms with Gasteiger partial charge in [0.15, 0.2) is 0 Å². The van der Waals surface area contributed by atoms with E-state index in [0.29, 0.717) is 12.5 Å². The fourth-order valence-corrected chi connectivity index (χ4v) is 3.54. The minimum absolute atomic E-state index is 0.0234. The SMILES string of the molecule is COc1cccc(NC(=O)CN2CCC(Cn3nc(C)cc3C)CC2)c1. The molecule has 0 saturated carbocycles. The number of hydrogen-bond donors (Lipinski definition) is 1. The van der Waals surface area contributed by atoms with Crippen LogP contribution in [-0.2, 0) is 11.3 Å². The maximum Gasteiger partial charge on any atom is 0.238 e. The van der Waals surface area contributed by atoms with E-state index >= 15 is 0 Å². The minimum atomic E-state index is 0.0234. The van der Waals surface area contributed by atoms with Gasteiger partial charge in [-0.15, -0.1) is 0 Å². The molecule has 0 unspecified atom stereocenters. The van der Waals surface area contributed by atoms with Crippen LogP contribution < -0.4 is 10.1 Å². The molecule has 0 spiro atoms. The van der Waals surface area contributed by atoms with Gasteiger partial charge in [-0.1, -0.05) is 6.07 Å². The van der Waals surface area contributed by atoms with E-state index in [-0.39, 0.29) is 5.91 Å². The van der Waals surface area contributed by atoms with E-state index in [4.69, 9.17) is 4.74 Å². The fraction of sp³-hybridized carbons (Fsp3) is 0.500. The van der Waals surface area contributed by atoms with Crippen molar-refractivity contribution in [3.05, 3.63) is 41.7 Å². The van der Waals surface area contributed by atoms with Gasteiger partial charge in [0.05, 0.1) is 19.3 Å². The first kappa shape index (κ1) is 18.5. The number of methoxy groups -OCH3 is 1. The van der Waals surface area contributed by atoms with E-state index in [2.05, 4.69) is 33.0 Å². The molecule has 0 atom stereocenters. The summed E-state index contributed by atoms with van der Waals surface area (Å²) in [6, 6.07) is 9.57. The number of anilines is 1. The fourth-order valence-electron chi connectivity index (χ4n) is 3.54. The van der Waals surface area contributed by atoms with Crippen molar-refractivity contribution >= 4 is 11.6 Å². The van der Waals surface area contributed by atoms with Crippen molar-refractivity contribution in [1.29, 1.82) is 0 Å². The number of carbonyl (C=O) groups excluding carboxylic acids is 1. The van der Waals surface area contributed by atoms with E-state index in [1.807, 2.05) is 31.2 Å². The highest BCUT2D eigenvalue weighted by molar-refractivity contribution is 5.92. The highest BCUT2D eigenvalue weighted by Gasteiger charge is 2.22. The van der Waals surface area contributed by atoms with E-state index in [1.165, 1.54) is 5.69 Å². The molecule has 1 saturated heterocycles. The molecule has 1 amide bonds. The summed E-state index contributed by atoms with van der Waals surface area (Å²) in [6.07, 6.45) is 2.20. The second kappa shape index (κ2) is 8.36. The van der Waals surface area contributed by atoms with E-state index in [0.717, 1.165) is 49.6 Å². The Morgan fingerprint density at radius 2 is 2.04 bits per heavy atom. The molecule has 1 aliphatic heterocycles. The molecule has 6 heteroatoms. The van der Waals surface area contributed by atoms with Crippen LogP contribution in [-0.4, -0.2) is 47.3 Å². The topological polar surface area (TPSA) is 59.4 Å². The zero-order valence-electron chi connectivity index (χ0n) is 15.9. The molecule has 3 rings (SSSR count). The van der Waals surface area contributed by atoms with Crippen LogP contribution in [0.1, 0.15) is 24.2 Å². The van der Waals surface area contributed by atoms with E-state index in [9.17, 15) is 4.79 Å². The highest BCUT2D eigenvalue weighted by atomic mass is 16.5. The van der Waals surface area contributed by atoms with Crippen LogP contribution >= 0.6 is 0 Å². The lowest BCUT2D eigenvalue weighted by molar-refractivity contribution is -0.117. The number of nitrogens with zero attached hydrogens (tertiary/aromatic N) is 3. The van der Waals surface area contributed by atoms with Gasteiger partial charge in [0, 0.05) is 24.0 Å². The molecule has 140 valence electrons. The van der Waals surface area contributed by atoms with Gasteiger partial charge in [0.2, 0.25) is 5.91 Å². The summed E-state index contributed by atoms with van der Waals surface area (Å²) in [5.74, 6) is 1.40. The zero-order chi connectivity index (χ0) is 18.5. The number of hydrogen-bond acceptors (Lipinski definition) is 4. The van der Waals surface area contributed by atoms with Crippen molar-refractivity contribution in [1.82, 2.24) is 14.7 Å².